The van der Waals surface area contributed by atoms with Crippen LogP contribution in [0.25, 0.3) is 11.3 Å². The molecule has 1 aromatic heterocycles. The van der Waals surface area contributed by atoms with E-state index in [1.807, 2.05) is 6.92 Å². The summed E-state index contributed by atoms with van der Waals surface area (Å²) in [6, 6.07) is 4.20. The van der Waals surface area contributed by atoms with Gasteiger partial charge in [-0.05, 0) is 38.0 Å². The van der Waals surface area contributed by atoms with Gasteiger partial charge in [-0.15, -0.1) is 0 Å². The zero-order valence-electron chi connectivity index (χ0n) is 9.40. The van der Waals surface area contributed by atoms with Crippen LogP contribution >= 0.6 is 0 Å². The standard InChI is InChI=1S/C13H12FNO2/c1-7-12(15-13(17-7)8-2-3-8)9-4-5-10(14)11(16)6-9/h4-6,8,16H,2-3H2,1H3. The molecule has 1 fully saturated rings. The van der Waals surface area contributed by atoms with E-state index in [0.29, 0.717) is 22.9 Å². The molecule has 2 aromatic rings. The summed E-state index contributed by atoms with van der Waals surface area (Å²) in [4.78, 5) is 4.41. The largest absolute Gasteiger partial charge is 0.505 e. The number of aryl methyl sites for hydroxylation is 1. The zero-order chi connectivity index (χ0) is 12.0. The minimum Gasteiger partial charge on any atom is -0.505 e. The van der Waals surface area contributed by atoms with Crippen molar-refractivity contribution in [2.24, 2.45) is 0 Å². The lowest BCUT2D eigenvalue weighted by molar-refractivity contribution is 0.432. The third-order valence-corrected chi connectivity index (χ3v) is 2.96. The predicted molar refractivity (Wildman–Crippen MR) is 60.3 cm³/mol. The summed E-state index contributed by atoms with van der Waals surface area (Å²) in [5.41, 5.74) is 1.36. The Morgan fingerprint density at radius 3 is 2.82 bits per heavy atom. The SMILES string of the molecule is Cc1oc(C2CC2)nc1-c1ccc(F)c(O)c1. The highest BCUT2D eigenvalue weighted by Crippen LogP contribution is 2.41. The van der Waals surface area contributed by atoms with Crippen LogP contribution in [-0.2, 0) is 0 Å². The van der Waals surface area contributed by atoms with Crippen molar-refractivity contribution < 1.29 is 13.9 Å². The van der Waals surface area contributed by atoms with E-state index in [1.54, 1.807) is 6.07 Å². The van der Waals surface area contributed by atoms with Crippen LogP contribution in [0, 0.1) is 12.7 Å². The van der Waals surface area contributed by atoms with Crippen LogP contribution in [0.5, 0.6) is 5.75 Å². The van der Waals surface area contributed by atoms with Crippen molar-refractivity contribution in [3.05, 3.63) is 35.7 Å². The highest BCUT2D eigenvalue weighted by Gasteiger charge is 2.29. The van der Waals surface area contributed by atoms with Crippen LogP contribution in [0.15, 0.2) is 22.6 Å². The fourth-order valence-electron chi connectivity index (χ4n) is 1.85. The van der Waals surface area contributed by atoms with Crippen molar-refractivity contribution in [1.29, 1.82) is 0 Å². The normalized spacial score (nSPS) is 15.2. The molecule has 1 aliphatic rings. The summed E-state index contributed by atoms with van der Waals surface area (Å²) in [6.07, 6.45) is 2.24. The fraction of sp³-hybridized carbons (Fsp3) is 0.308. The number of halogens is 1. The van der Waals surface area contributed by atoms with E-state index >= 15 is 0 Å². The number of phenolic OH excluding ortho intramolecular Hbond substituents is 1. The molecular formula is C13H12FNO2. The van der Waals surface area contributed by atoms with E-state index in [0.717, 1.165) is 18.7 Å². The first-order chi connectivity index (χ1) is 8.15. The number of aromatic hydroxyl groups is 1. The van der Waals surface area contributed by atoms with E-state index in [4.69, 9.17) is 4.42 Å². The molecule has 1 aromatic carbocycles. The summed E-state index contributed by atoms with van der Waals surface area (Å²) in [5, 5.41) is 9.35. The molecule has 0 unspecified atom stereocenters. The quantitative estimate of drug-likeness (QED) is 0.864. The van der Waals surface area contributed by atoms with Crippen LogP contribution in [0.4, 0.5) is 4.39 Å². The highest BCUT2D eigenvalue weighted by atomic mass is 19.1. The Morgan fingerprint density at radius 2 is 2.18 bits per heavy atom. The summed E-state index contributed by atoms with van der Waals surface area (Å²) in [5.74, 6) is 0.908. The topological polar surface area (TPSA) is 46.3 Å². The molecule has 1 saturated carbocycles. The number of rotatable bonds is 2. The third kappa shape index (κ3) is 1.79. The molecule has 0 radical (unpaired) electrons. The van der Waals surface area contributed by atoms with Crippen molar-refractivity contribution >= 4 is 0 Å². The van der Waals surface area contributed by atoms with E-state index in [9.17, 15) is 9.50 Å². The van der Waals surface area contributed by atoms with Gasteiger partial charge in [0.15, 0.2) is 17.5 Å². The van der Waals surface area contributed by atoms with E-state index in [2.05, 4.69) is 4.98 Å². The number of hydrogen-bond acceptors (Lipinski definition) is 3. The summed E-state index contributed by atoms with van der Waals surface area (Å²) in [7, 11) is 0. The maximum atomic E-state index is 13.0. The van der Waals surface area contributed by atoms with Gasteiger partial charge >= 0.3 is 0 Å². The van der Waals surface area contributed by atoms with Crippen LogP contribution in [0.2, 0.25) is 0 Å². The lowest BCUT2D eigenvalue weighted by Gasteiger charge is -1.99. The van der Waals surface area contributed by atoms with Gasteiger partial charge < -0.3 is 9.52 Å². The second-order valence-corrected chi connectivity index (χ2v) is 4.40. The average molecular weight is 233 g/mol. The molecule has 88 valence electrons. The molecule has 1 heterocycles. The molecule has 0 aliphatic heterocycles. The van der Waals surface area contributed by atoms with Gasteiger partial charge in [0.05, 0.1) is 0 Å². The van der Waals surface area contributed by atoms with Crippen molar-refractivity contribution in [1.82, 2.24) is 4.98 Å². The van der Waals surface area contributed by atoms with E-state index in [-0.39, 0.29) is 5.75 Å². The minimum absolute atomic E-state index is 0.363. The number of phenols is 1. The lowest BCUT2D eigenvalue weighted by Crippen LogP contribution is -1.84. The van der Waals surface area contributed by atoms with Gasteiger partial charge in [-0.2, -0.15) is 0 Å². The maximum Gasteiger partial charge on any atom is 0.198 e. The Morgan fingerprint density at radius 1 is 1.41 bits per heavy atom. The average Bonchev–Trinajstić information content (AvgIpc) is 3.07. The Balaban J connectivity index is 2.04. The number of hydrogen-bond donors (Lipinski definition) is 1. The predicted octanol–water partition coefficient (Wildman–Crippen LogP) is 3.37. The Labute approximate surface area is 97.9 Å². The Kier molecular flexibility index (Phi) is 2.18. The van der Waals surface area contributed by atoms with E-state index in [1.165, 1.54) is 12.1 Å². The van der Waals surface area contributed by atoms with Gasteiger partial charge in [0.1, 0.15) is 11.5 Å². The first kappa shape index (κ1) is 10.3. The lowest BCUT2D eigenvalue weighted by atomic mass is 10.1. The van der Waals surface area contributed by atoms with Crippen LogP contribution in [0.1, 0.15) is 30.4 Å². The van der Waals surface area contributed by atoms with Gasteiger partial charge in [-0.25, -0.2) is 9.37 Å². The number of aromatic nitrogens is 1. The first-order valence-corrected chi connectivity index (χ1v) is 5.61. The van der Waals surface area contributed by atoms with Gasteiger partial charge in [0.2, 0.25) is 0 Å². The smallest absolute Gasteiger partial charge is 0.198 e. The molecule has 0 atom stereocenters. The minimum atomic E-state index is -0.627. The monoisotopic (exact) mass is 233 g/mol. The van der Waals surface area contributed by atoms with Gasteiger partial charge in [-0.3, -0.25) is 0 Å². The molecule has 0 saturated heterocycles. The molecule has 1 aliphatic carbocycles. The second kappa shape index (κ2) is 3.58. The molecule has 0 spiro atoms. The van der Waals surface area contributed by atoms with Crippen molar-refractivity contribution in [3.8, 4) is 17.0 Å². The molecule has 0 amide bonds. The molecule has 4 heteroatoms. The Hall–Kier alpha value is -1.84. The highest BCUT2D eigenvalue weighted by molar-refractivity contribution is 5.63. The number of oxazole rings is 1. The van der Waals surface area contributed by atoms with Gasteiger partial charge in [0.25, 0.3) is 0 Å². The first-order valence-electron chi connectivity index (χ1n) is 5.61. The van der Waals surface area contributed by atoms with Gasteiger partial charge in [-0.1, -0.05) is 0 Å². The summed E-state index contributed by atoms with van der Waals surface area (Å²) >= 11 is 0. The number of benzene rings is 1. The molecule has 3 rings (SSSR count). The summed E-state index contributed by atoms with van der Waals surface area (Å²) in [6.45, 7) is 1.83. The maximum absolute atomic E-state index is 13.0. The second-order valence-electron chi connectivity index (χ2n) is 4.40. The third-order valence-electron chi connectivity index (χ3n) is 2.96. The van der Waals surface area contributed by atoms with Crippen molar-refractivity contribution in [3.63, 3.8) is 0 Å². The fourth-order valence-corrected chi connectivity index (χ4v) is 1.85. The van der Waals surface area contributed by atoms with E-state index < -0.39 is 5.82 Å². The molecular weight excluding hydrogens is 221 g/mol. The van der Waals surface area contributed by atoms with Crippen LogP contribution in [-0.4, -0.2) is 10.1 Å². The molecule has 3 nitrogen and oxygen atoms in total. The van der Waals surface area contributed by atoms with Gasteiger partial charge in [0, 0.05) is 11.5 Å². The zero-order valence-corrected chi connectivity index (χ0v) is 9.40. The summed E-state index contributed by atoms with van der Waals surface area (Å²) < 4.78 is 18.5. The van der Waals surface area contributed by atoms with Crippen LogP contribution in [0.3, 0.4) is 0 Å². The van der Waals surface area contributed by atoms with Crippen molar-refractivity contribution in [2.75, 3.05) is 0 Å². The van der Waals surface area contributed by atoms with Crippen LogP contribution < -0.4 is 0 Å². The molecule has 1 N–H and O–H groups in total. The molecule has 17 heavy (non-hydrogen) atoms. The number of nitrogens with zero attached hydrogens (tertiary/aromatic N) is 1. The Bertz CT molecular complexity index is 573. The van der Waals surface area contributed by atoms with Crippen molar-refractivity contribution in [2.45, 2.75) is 25.7 Å². The molecule has 0 bridgehead atoms.